The molecule has 0 N–H and O–H groups in total. The minimum absolute atomic E-state index is 0.100. The van der Waals surface area contributed by atoms with Gasteiger partial charge in [0.05, 0.1) is 16.6 Å². The number of halogens is 5. The summed E-state index contributed by atoms with van der Waals surface area (Å²) in [7, 11) is 0. The molecule has 132 valence electrons. The average Bonchev–Trinajstić information content (AvgIpc) is 2.96. The zero-order chi connectivity index (χ0) is 18.2. The van der Waals surface area contributed by atoms with Crippen LogP contribution in [0.2, 0.25) is 0 Å². The van der Waals surface area contributed by atoms with Gasteiger partial charge in [-0.3, -0.25) is 0 Å². The molecule has 0 radical (unpaired) electrons. The topological polar surface area (TPSA) is 3.24 Å². The zero-order valence-electron chi connectivity index (χ0n) is 13.1. The third kappa shape index (κ3) is 3.51. The second-order valence-electron chi connectivity index (χ2n) is 5.54. The highest BCUT2D eigenvalue weighted by atomic mass is 32.2. The molecule has 0 amide bonds. The van der Waals surface area contributed by atoms with Crippen molar-refractivity contribution in [3.63, 3.8) is 0 Å². The molecule has 1 aliphatic rings. The smallest absolute Gasteiger partial charge is 0.327 e. The van der Waals surface area contributed by atoms with Gasteiger partial charge in [0.25, 0.3) is 6.43 Å². The molecule has 1 heterocycles. The van der Waals surface area contributed by atoms with Crippen LogP contribution in [0.4, 0.5) is 27.6 Å². The normalized spacial score (nSPS) is 18.0. The van der Waals surface area contributed by atoms with Crippen LogP contribution in [-0.4, -0.2) is 11.8 Å². The molecule has 0 saturated carbocycles. The van der Waals surface area contributed by atoms with Gasteiger partial charge >= 0.3 is 6.18 Å². The number of nitrogens with zero attached hydrogens (tertiary/aromatic N) is 1. The quantitative estimate of drug-likeness (QED) is 0.576. The summed E-state index contributed by atoms with van der Waals surface area (Å²) in [5.41, 5.74) is 0.855. The molecule has 0 bridgehead atoms. The first-order valence-electron chi connectivity index (χ1n) is 7.48. The van der Waals surface area contributed by atoms with Gasteiger partial charge in [-0.25, -0.2) is 8.78 Å². The molecular formula is C18H14F5NS. The van der Waals surface area contributed by atoms with E-state index in [0.29, 0.717) is 16.8 Å². The maximum atomic E-state index is 13.3. The Bertz CT molecular complexity index is 783. The number of thioether (sulfide) groups is 1. The summed E-state index contributed by atoms with van der Waals surface area (Å²) in [5, 5.41) is 1.21. The average molecular weight is 371 g/mol. The van der Waals surface area contributed by atoms with Gasteiger partial charge in [-0.1, -0.05) is 30.3 Å². The minimum atomic E-state index is -4.41. The van der Waals surface area contributed by atoms with Crippen molar-refractivity contribution in [1.82, 2.24) is 0 Å². The highest BCUT2D eigenvalue weighted by Crippen LogP contribution is 2.42. The summed E-state index contributed by atoms with van der Waals surface area (Å²) in [5.74, 6) is 0. The molecule has 1 nitrogen and oxygen atoms in total. The van der Waals surface area contributed by atoms with Crippen molar-refractivity contribution in [1.29, 1.82) is 0 Å². The van der Waals surface area contributed by atoms with E-state index >= 15 is 0 Å². The van der Waals surface area contributed by atoms with Gasteiger partial charge in [-0.05, 0) is 36.1 Å². The number of para-hydroxylation sites is 1. The van der Waals surface area contributed by atoms with Gasteiger partial charge in [0.15, 0.2) is 0 Å². The van der Waals surface area contributed by atoms with Crippen molar-refractivity contribution < 1.29 is 22.0 Å². The third-order valence-electron chi connectivity index (χ3n) is 3.94. The van der Waals surface area contributed by atoms with Crippen molar-refractivity contribution in [2.24, 2.45) is 0 Å². The van der Waals surface area contributed by atoms with Gasteiger partial charge in [0.2, 0.25) is 0 Å². The molecule has 3 rings (SSSR count). The highest BCUT2D eigenvalue weighted by molar-refractivity contribution is 8.03. The van der Waals surface area contributed by atoms with E-state index in [0.717, 1.165) is 12.1 Å². The van der Waals surface area contributed by atoms with Crippen LogP contribution >= 0.6 is 11.8 Å². The fraction of sp³-hybridized carbons (Fsp3) is 0.222. The molecule has 1 aliphatic heterocycles. The van der Waals surface area contributed by atoms with E-state index < -0.39 is 18.2 Å². The van der Waals surface area contributed by atoms with Gasteiger partial charge in [-0.15, -0.1) is 11.8 Å². The van der Waals surface area contributed by atoms with Crippen LogP contribution in [0.1, 0.15) is 12.5 Å². The second kappa shape index (κ2) is 6.71. The van der Waals surface area contributed by atoms with E-state index in [1.165, 1.54) is 34.2 Å². The Labute approximate surface area is 146 Å². The molecule has 0 aliphatic carbocycles. The Balaban J connectivity index is 2.04. The lowest BCUT2D eigenvalue weighted by atomic mass is 10.0. The number of hydrogen-bond donors (Lipinski definition) is 0. The van der Waals surface area contributed by atoms with E-state index in [9.17, 15) is 22.0 Å². The summed E-state index contributed by atoms with van der Waals surface area (Å²) in [4.78, 5) is 1.53. The maximum Gasteiger partial charge on any atom is 0.416 e. The van der Waals surface area contributed by atoms with Gasteiger partial charge in [-0.2, -0.15) is 13.2 Å². The van der Waals surface area contributed by atoms with Crippen LogP contribution in [0.3, 0.4) is 0 Å². The fourth-order valence-corrected chi connectivity index (χ4v) is 3.66. The minimum Gasteiger partial charge on any atom is -0.327 e. The number of rotatable bonds is 3. The molecular weight excluding hydrogens is 357 g/mol. The van der Waals surface area contributed by atoms with E-state index in [2.05, 4.69) is 0 Å². The van der Waals surface area contributed by atoms with Crippen molar-refractivity contribution >= 4 is 17.4 Å². The Morgan fingerprint density at radius 3 is 2.24 bits per heavy atom. The van der Waals surface area contributed by atoms with E-state index in [1.54, 1.807) is 31.2 Å². The Hall–Kier alpha value is -2.02. The first-order valence-corrected chi connectivity index (χ1v) is 8.43. The maximum absolute atomic E-state index is 13.3. The summed E-state index contributed by atoms with van der Waals surface area (Å²) >= 11 is 1.28. The second-order valence-corrected chi connectivity index (χ2v) is 6.73. The zero-order valence-corrected chi connectivity index (χ0v) is 13.9. The van der Waals surface area contributed by atoms with Crippen LogP contribution in [0.25, 0.3) is 11.1 Å². The van der Waals surface area contributed by atoms with E-state index in [1.807, 2.05) is 0 Å². The number of hydrogen-bond acceptors (Lipinski definition) is 2. The SMILES string of the molecule is CC1SC=C(C(F)F)N1c1ccccc1-c1ccc(C(F)(F)F)cc1. The predicted octanol–water partition coefficient (Wildman–Crippen LogP) is 6.38. The summed E-state index contributed by atoms with van der Waals surface area (Å²) in [6.45, 7) is 1.81. The first-order chi connectivity index (χ1) is 11.8. The molecule has 1 atom stereocenters. The summed E-state index contributed by atoms with van der Waals surface area (Å²) in [6, 6.07) is 11.6. The predicted molar refractivity (Wildman–Crippen MR) is 90.5 cm³/mol. The van der Waals surface area contributed by atoms with Crippen LogP contribution in [-0.2, 0) is 6.18 Å². The number of anilines is 1. The van der Waals surface area contributed by atoms with Crippen LogP contribution in [0, 0.1) is 0 Å². The number of allylic oxidation sites excluding steroid dienone is 1. The molecule has 2 aromatic carbocycles. The molecule has 0 saturated heterocycles. The lowest BCUT2D eigenvalue weighted by Gasteiger charge is -2.28. The number of alkyl halides is 5. The van der Waals surface area contributed by atoms with Crippen LogP contribution in [0.5, 0.6) is 0 Å². The van der Waals surface area contributed by atoms with Crippen molar-refractivity contribution in [2.45, 2.75) is 24.9 Å². The third-order valence-corrected chi connectivity index (χ3v) is 4.92. The van der Waals surface area contributed by atoms with Crippen LogP contribution in [0.15, 0.2) is 59.6 Å². The van der Waals surface area contributed by atoms with Gasteiger partial charge in [0, 0.05) is 11.3 Å². The van der Waals surface area contributed by atoms with Gasteiger partial charge in [0.1, 0.15) is 0 Å². The molecule has 0 aromatic heterocycles. The molecule has 0 fully saturated rings. The summed E-state index contributed by atoms with van der Waals surface area (Å²) in [6.07, 6.45) is -7.04. The molecule has 2 aromatic rings. The Morgan fingerprint density at radius 1 is 1.00 bits per heavy atom. The monoisotopic (exact) mass is 371 g/mol. The Morgan fingerprint density at radius 2 is 1.64 bits per heavy atom. The van der Waals surface area contributed by atoms with Crippen molar-refractivity contribution in [3.8, 4) is 11.1 Å². The van der Waals surface area contributed by atoms with Crippen molar-refractivity contribution in [2.75, 3.05) is 4.90 Å². The van der Waals surface area contributed by atoms with E-state index in [-0.39, 0.29) is 11.1 Å². The van der Waals surface area contributed by atoms with Crippen molar-refractivity contribution in [3.05, 3.63) is 65.2 Å². The van der Waals surface area contributed by atoms with Crippen LogP contribution < -0.4 is 4.90 Å². The lowest BCUT2D eigenvalue weighted by molar-refractivity contribution is -0.137. The molecule has 1 unspecified atom stereocenters. The largest absolute Gasteiger partial charge is 0.416 e. The molecule has 25 heavy (non-hydrogen) atoms. The van der Waals surface area contributed by atoms with E-state index in [4.69, 9.17) is 0 Å². The summed E-state index contributed by atoms with van der Waals surface area (Å²) < 4.78 is 64.8. The number of benzene rings is 2. The standard InChI is InChI=1S/C18H14F5NS/c1-11-24(16(10-25-11)17(19)20)15-5-3-2-4-14(15)12-6-8-13(9-7-12)18(21,22)23/h2-11,17H,1H3. The molecule has 0 spiro atoms. The molecule has 7 heteroatoms. The highest BCUT2D eigenvalue weighted by Gasteiger charge is 2.32. The fourth-order valence-electron chi connectivity index (χ4n) is 2.75. The Kier molecular flexibility index (Phi) is 4.77. The first kappa shape index (κ1) is 17.8. The van der Waals surface area contributed by atoms with Gasteiger partial charge < -0.3 is 4.90 Å². The lowest BCUT2D eigenvalue weighted by Crippen LogP contribution is -2.29.